The van der Waals surface area contributed by atoms with E-state index in [9.17, 15) is 0 Å². The largest absolute Gasteiger partial charge is 0.463 e. The monoisotopic (exact) mass is 823 g/mol. The summed E-state index contributed by atoms with van der Waals surface area (Å²) in [6, 6.07) is 10.2. The van der Waals surface area contributed by atoms with Gasteiger partial charge in [0.2, 0.25) is 5.28 Å². The van der Waals surface area contributed by atoms with E-state index in [1.54, 1.807) is 12.4 Å². The molecule has 0 amide bonds. The topological polar surface area (TPSA) is 158 Å². The van der Waals surface area contributed by atoms with Crippen molar-refractivity contribution in [2.24, 2.45) is 0 Å². The molecule has 0 aromatic carbocycles. The minimum atomic E-state index is 0.269. The Kier molecular flexibility index (Phi) is 15.9. The van der Waals surface area contributed by atoms with Crippen LogP contribution in [-0.2, 0) is 12.8 Å². The first-order valence-electron chi connectivity index (χ1n) is 22.4. The van der Waals surface area contributed by atoms with Crippen molar-refractivity contribution in [2.45, 2.75) is 160 Å². The van der Waals surface area contributed by atoms with Crippen LogP contribution in [0, 0.1) is 0 Å². The van der Waals surface area contributed by atoms with E-state index in [1.165, 1.54) is 101 Å². The number of aryl methyl sites for hydroxylation is 1. The van der Waals surface area contributed by atoms with Crippen LogP contribution in [-0.4, -0.2) is 71.2 Å². The van der Waals surface area contributed by atoms with E-state index in [0.29, 0.717) is 36.8 Å². The van der Waals surface area contributed by atoms with Crippen molar-refractivity contribution in [1.82, 2.24) is 39.9 Å². The van der Waals surface area contributed by atoms with Gasteiger partial charge < -0.3 is 25.4 Å². The quantitative estimate of drug-likeness (QED) is 0.0718. The molecule has 3 N–H and O–H groups in total. The molecular formula is C45H62ClN11O2. The lowest BCUT2D eigenvalue weighted by molar-refractivity contribution is 0.284. The SMILES string of the molecule is CCCCOc1nc(NC2CCCC2)c2ncccc2n1.CCCCOc1nc2c(c(NC3CCCC3)n1)CCCC2.Clc1nc(NC2CCCC2)c2ncccc2n1. The van der Waals surface area contributed by atoms with Gasteiger partial charge >= 0.3 is 12.0 Å². The first kappa shape index (κ1) is 42.5. The summed E-state index contributed by atoms with van der Waals surface area (Å²) < 4.78 is 11.4. The van der Waals surface area contributed by atoms with Crippen LogP contribution in [0.4, 0.5) is 17.5 Å². The molecule has 0 atom stereocenters. The molecule has 4 aliphatic carbocycles. The van der Waals surface area contributed by atoms with Gasteiger partial charge in [0.05, 0.1) is 29.9 Å². The zero-order valence-electron chi connectivity index (χ0n) is 35.0. The number of hydrogen-bond donors (Lipinski definition) is 3. The van der Waals surface area contributed by atoms with Crippen LogP contribution in [0.15, 0.2) is 36.7 Å². The Balaban J connectivity index is 0.000000135. The number of fused-ring (bicyclic) bond motifs is 3. The Morgan fingerprint density at radius 3 is 1.59 bits per heavy atom. The number of aromatic nitrogens is 8. The zero-order valence-corrected chi connectivity index (χ0v) is 35.8. The van der Waals surface area contributed by atoms with Crippen molar-refractivity contribution >= 4 is 51.1 Å². The molecule has 3 saturated carbocycles. The molecule has 9 rings (SSSR count). The molecule has 13 nitrogen and oxygen atoms in total. The number of nitrogens with zero attached hydrogens (tertiary/aromatic N) is 8. The summed E-state index contributed by atoms with van der Waals surface area (Å²) in [5.74, 6) is 2.62. The highest BCUT2D eigenvalue weighted by Gasteiger charge is 2.23. The van der Waals surface area contributed by atoms with Crippen molar-refractivity contribution in [3.63, 3.8) is 0 Å². The number of halogens is 1. The number of unbranched alkanes of at least 4 members (excludes halogenated alkanes) is 2. The summed E-state index contributed by atoms with van der Waals surface area (Å²) in [6.07, 6.45) is 27.6. The molecule has 5 heterocycles. The Morgan fingerprint density at radius 1 is 0.559 bits per heavy atom. The lowest BCUT2D eigenvalue weighted by Crippen LogP contribution is -2.20. The Hall–Kier alpha value is -4.65. The molecular weight excluding hydrogens is 762 g/mol. The smallest absolute Gasteiger partial charge is 0.319 e. The molecule has 5 aromatic rings. The summed E-state index contributed by atoms with van der Waals surface area (Å²) >= 11 is 5.92. The average Bonchev–Trinajstić information content (AvgIpc) is 4.08. The van der Waals surface area contributed by atoms with Gasteiger partial charge in [-0.05, 0) is 113 Å². The Morgan fingerprint density at radius 2 is 1.03 bits per heavy atom. The van der Waals surface area contributed by atoms with E-state index in [4.69, 9.17) is 21.1 Å². The van der Waals surface area contributed by atoms with Crippen molar-refractivity contribution in [3.05, 3.63) is 53.2 Å². The van der Waals surface area contributed by atoms with Gasteiger partial charge in [-0.25, -0.2) is 4.98 Å². The second kappa shape index (κ2) is 22.1. The fraction of sp³-hybridized carbons (Fsp3) is 0.600. The van der Waals surface area contributed by atoms with Crippen molar-refractivity contribution < 1.29 is 9.47 Å². The third-order valence-corrected chi connectivity index (χ3v) is 11.7. The standard InChI is InChI=1S/C17H27N3O.C16H22N4O.C12H13ClN4/c1-2-3-12-21-17-19-15-11-7-6-10-14(15)16(20-17)18-13-8-4-5-9-13;1-2-3-11-21-16-19-13-9-6-10-17-14(13)15(20-16)18-12-7-4-5-8-12;13-12-16-9-6-3-7-14-10(9)11(17-12)15-8-4-1-2-5-8/h13H,2-12H2,1H3,(H,18,19,20);6,9-10,12H,2-5,7-8,11H2,1H3,(H,18,19,20);3,6-8H,1-2,4-5H2,(H,15,16,17). The summed E-state index contributed by atoms with van der Waals surface area (Å²) in [5.41, 5.74) is 5.79. The third-order valence-electron chi connectivity index (χ3n) is 11.6. The van der Waals surface area contributed by atoms with E-state index in [2.05, 4.69) is 69.7 Å². The van der Waals surface area contributed by atoms with E-state index in [-0.39, 0.29) is 5.28 Å². The van der Waals surface area contributed by atoms with E-state index >= 15 is 0 Å². The normalized spacial score (nSPS) is 16.9. The minimum Gasteiger partial charge on any atom is -0.463 e. The molecule has 0 radical (unpaired) electrons. The summed E-state index contributed by atoms with van der Waals surface area (Å²) in [6.45, 7) is 5.69. The van der Waals surface area contributed by atoms with E-state index in [1.807, 2.05) is 24.3 Å². The lowest BCUT2D eigenvalue weighted by Gasteiger charge is -2.22. The van der Waals surface area contributed by atoms with Gasteiger partial charge in [0.25, 0.3) is 0 Å². The number of pyridine rings is 2. The Bertz CT molecular complexity index is 2070. The summed E-state index contributed by atoms with van der Waals surface area (Å²) in [4.78, 5) is 35.4. The minimum absolute atomic E-state index is 0.269. The van der Waals surface area contributed by atoms with Crippen LogP contribution in [0.3, 0.4) is 0 Å². The third kappa shape index (κ3) is 12.2. The number of nitrogens with one attached hydrogen (secondary N) is 3. The van der Waals surface area contributed by atoms with Gasteiger partial charge in [-0.1, -0.05) is 65.2 Å². The molecule has 0 unspecified atom stereocenters. The summed E-state index contributed by atoms with van der Waals surface area (Å²) in [7, 11) is 0. The van der Waals surface area contributed by atoms with Crippen LogP contribution in [0.2, 0.25) is 5.28 Å². The molecule has 0 aliphatic heterocycles. The van der Waals surface area contributed by atoms with Crippen LogP contribution >= 0.6 is 11.6 Å². The maximum absolute atomic E-state index is 5.92. The second-order valence-electron chi connectivity index (χ2n) is 16.2. The predicted octanol–water partition coefficient (Wildman–Crippen LogP) is 10.5. The highest BCUT2D eigenvalue weighted by Crippen LogP contribution is 2.31. The fourth-order valence-corrected chi connectivity index (χ4v) is 8.49. The maximum Gasteiger partial charge on any atom is 0.319 e. The van der Waals surface area contributed by atoms with Crippen LogP contribution < -0.4 is 25.4 Å². The molecule has 4 aliphatic rings. The van der Waals surface area contributed by atoms with Crippen molar-refractivity contribution in [1.29, 1.82) is 0 Å². The molecule has 0 bridgehead atoms. The number of anilines is 3. The molecule has 316 valence electrons. The highest BCUT2D eigenvalue weighted by molar-refractivity contribution is 6.28. The first-order valence-corrected chi connectivity index (χ1v) is 22.8. The number of rotatable bonds is 14. The molecule has 14 heteroatoms. The van der Waals surface area contributed by atoms with Crippen molar-refractivity contribution in [3.8, 4) is 12.0 Å². The van der Waals surface area contributed by atoms with Crippen LogP contribution in [0.1, 0.15) is 141 Å². The lowest BCUT2D eigenvalue weighted by atomic mass is 9.96. The van der Waals surface area contributed by atoms with Gasteiger partial charge in [-0.15, -0.1) is 0 Å². The van der Waals surface area contributed by atoms with Crippen LogP contribution in [0.25, 0.3) is 22.1 Å². The van der Waals surface area contributed by atoms with Gasteiger partial charge in [0.15, 0.2) is 11.6 Å². The highest BCUT2D eigenvalue weighted by atomic mass is 35.5. The molecule has 0 spiro atoms. The molecule has 5 aromatic heterocycles. The zero-order chi connectivity index (χ0) is 40.7. The van der Waals surface area contributed by atoms with E-state index < -0.39 is 0 Å². The van der Waals surface area contributed by atoms with Gasteiger partial charge in [0.1, 0.15) is 16.9 Å². The van der Waals surface area contributed by atoms with Gasteiger partial charge in [0, 0.05) is 36.1 Å². The average molecular weight is 825 g/mol. The number of ether oxygens (including phenoxy) is 2. The van der Waals surface area contributed by atoms with Gasteiger partial charge in [-0.3, -0.25) is 9.97 Å². The number of hydrogen-bond acceptors (Lipinski definition) is 13. The first-order chi connectivity index (χ1) is 29.1. The van der Waals surface area contributed by atoms with Crippen LogP contribution in [0.5, 0.6) is 12.0 Å². The maximum atomic E-state index is 5.92. The van der Waals surface area contributed by atoms with Gasteiger partial charge in [-0.2, -0.15) is 24.9 Å². The predicted molar refractivity (Wildman–Crippen MR) is 237 cm³/mol. The summed E-state index contributed by atoms with van der Waals surface area (Å²) in [5, 5.41) is 10.9. The van der Waals surface area contributed by atoms with E-state index in [0.717, 1.165) is 84.7 Å². The molecule has 0 saturated heterocycles. The second-order valence-corrected chi connectivity index (χ2v) is 16.5. The van der Waals surface area contributed by atoms with Crippen molar-refractivity contribution in [2.75, 3.05) is 29.2 Å². The fourth-order valence-electron chi connectivity index (χ4n) is 8.31. The molecule has 59 heavy (non-hydrogen) atoms. The Labute approximate surface area is 354 Å². The molecule has 3 fully saturated rings.